The molecule has 2 heterocycles. The van der Waals surface area contributed by atoms with Crippen molar-refractivity contribution >= 4 is 51.4 Å². The highest BCUT2D eigenvalue weighted by Gasteiger charge is 2.42. The summed E-state index contributed by atoms with van der Waals surface area (Å²) >= 11 is 12.7. The van der Waals surface area contributed by atoms with Crippen LogP contribution in [0.3, 0.4) is 0 Å². The maximum absolute atomic E-state index is 14.1. The molecular formula is C31H29Cl2N3O. The highest BCUT2D eigenvalue weighted by atomic mass is 35.5. The molecule has 0 saturated heterocycles. The number of allylic oxidation sites excluding steroid dienone is 1. The van der Waals surface area contributed by atoms with Gasteiger partial charge in [0.15, 0.2) is 5.78 Å². The largest absolute Gasteiger partial charge is 0.361 e. The molecular weight excluding hydrogens is 501 g/mol. The number of anilines is 1. The Balaban J connectivity index is 1.76. The highest BCUT2D eigenvalue weighted by Crippen LogP contribution is 2.51. The van der Waals surface area contributed by atoms with Crippen LogP contribution in [0.4, 0.5) is 5.69 Å². The number of ketones is 1. The van der Waals surface area contributed by atoms with Crippen LogP contribution in [-0.2, 0) is 4.79 Å². The molecule has 0 N–H and O–H groups in total. The van der Waals surface area contributed by atoms with Crippen LogP contribution in [0.2, 0.25) is 10.0 Å². The summed E-state index contributed by atoms with van der Waals surface area (Å²) in [6, 6.07) is 17.9. The number of aryl methyl sites for hydroxylation is 2. The van der Waals surface area contributed by atoms with Gasteiger partial charge in [-0.2, -0.15) is 0 Å². The van der Waals surface area contributed by atoms with E-state index >= 15 is 0 Å². The molecule has 1 aromatic heterocycles. The van der Waals surface area contributed by atoms with Crippen molar-refractivity contribution < 1.29 is 4.79 Å². The van der Waals surface area contributed by atoms with Crippen molar-refractivity contribution in [3.8, 4) is 11.4 Å². The molecule has 0 fully saturated rings. The van der Waals surface area contributed by atoms with E-state index < -0.39 is 0 Å². The first-order valence-corrected chi connectivity index (χ1v) is 13.3. The first-order chi connectivity index (χ1) is 17.6. The Hall–Kier alpha value is -3.08. The zero-order valence-corrected chi connectivity index (χ0v) is 23.2. The molecule has 4 nitrogen and oxygen atoms in total. The van der Waals surface area contributed by atoms with E-state index in [9.17, 15) is 4.79 Å². The van der Waals surface area contributed by atoms with Gasteiger partial charge in [-0.1, -0.05) is 49.2 Å². The van der Waals surface area contributed by atoms with Gasteiger partial charge in [-0.15, -0.1) is 0 Å². The minimum absolute atomic E-state index is 0.170. The lowest BCUT2D eigenvalue weighted by Gasteiger charge is -2.37. The summed E-state index contributed by atoms with van der Waals surface area (Å²) < 4.78 is 2.26. The zero-order chi connectivity index (χ0) is 26.2. The fourth-order valence-electron chi connectivity index (χ4n) is 6.17. The van der Waals surface area contributed by atoms with E-state index in [1.54, 1.807) is 0 Å². The zero-order valence-electron chi connectivity index (χ0n) is 21.7. The fraction of sp³-hybridized carbons (Fsp3) is 0.290. The average Bonchev–Trinajstić information content (AvgIpc) is 3.15. The monoisotopic (exact) mass is 529 g/mol. The molecule has 188 valence electrons. The smallest absolute Gasteiger partial charge is 0.163 e. The van der Waals surface area contributed by atoms with Crippen LogP contribution < -0.4 is 4.90 Å². The number of carbonyl (C=O) groups excluding carboxylic acids is 1. The van der Waals surface area contributed by atoms with E-state index in [-0.39, 0.29) is 17.2 Å². The number of likely N-dealkylation sites (N-methyl/N-ethyl adjacent to an activating group) is 1. The Morgan fingerprint density at radius 3 is 2.35 bits per heavy atom. The van der Waals surface area contributed by atoms with E-state index in [2.05, 4.69) is 62.4 Å². The number of nitrogens with zero attached hydrogens (tertiary/aromatic N) is 3. The van der Waals surface area contributed by atoms with Gasteiger partial charge in [0.2, 0.25) is 0 Å². The SMILES string of the molecule is Cc1cc(Cl)ccc1-c1nc2cccc3c2n1C1=C(C(=O)CC(C)(C)C1)C(c1ccc(Cl)cc1C)N3C. The third kappa shape index (κ3) is 3.81. The molecule has 6 heteroatoms. The van der Waals surface area contributed by atoms with Gasteiger partial charge in [0, 0.05) is 40.3 Å². The van der Waals surface area contributed by atoms with Crippen molar-refractivity contribution in [1.29, 1.82) is 0 Å². The summed E-state index contributed by atoms with van der Waals surface area (Å²) in [6.07, 6.45) is 1.27. The quantitative estimate of drug-likeness (QED) is 0.261. The van der Waals surface area contributed by atoms with E-state index in [0.29, 0.717) is 16.5 Å². The van der Waals surface area contributed by atoms with Gasteiger partial charge in [-0.3, -0.25) is 9.36 Å². The van der Waals surface area contributed by atoms with Gasteiger partial charge >= 0.3 is 0 Å². The van der Waals surface area contributed by atoms with Crippen LogP contribution in [0.1, 0.15) is 49.4 Å². The van der Waals surface area contributed by atoms with E-state index in [4.69, 9.17) is 28.2 Å². The average molecular weight is 530 g/mol. The number of halogens is 2. The summed E-state index contributed by atoms with van der Waals surface area (Å²) in [5.74, 6) is 1.03. The molecule has 0 amide bonds. The minimum atomic E-state index is -0.236. The molecule has 37 heavy (non-hydrogen) atoms. The van der Waals surface area contributed by atoms with Crippen molar-refractivity contribution in [3.63, 3.8) is 0 Å². The first-order valence-electron chi connectivity index (χ1n) is 12.6. The van der Waals surface area contributed by atoms with Crippen molar-refractivity contribution in [1.82, 2.24) is 9.55 Å². The molecule has 4 aromatic rings. The Morgan fingerprint density at radius 1 is 0.946 bits per heavy atom. The third-order valence-corrected chi connectivity index (χ3v) is 8.29. The van der Waals surface area contributed by atoms with E-state index in [1.807, 2.05) is 36.4 Å². The summed E-state index contributed by atoms with van der Waals surface area (Å²) in [4.78, 5) is 21.5. The molecule has 0 radical (unpaired) electrons. The van der Waals surface area contributed by atoms with Crippen molar-refractivity contribution in [2.24, 2.45) is 5.41 Å². The van der Waals surface area contributed by atoms with Crippen LogP contribution in [0.25, 0.3) is 28.1 Å². The number of para-hydroxylation sites is 1. The van der Waals surface area contributed by atoms with Gasteiger partial charge in [0.05, 0.1) is 22.8 Å². The number of fused-ring (bicyclic) bond motifs is 1. The summed E-state index contributed by atoms with van der Waals surface area (Å²) in [7, 11) is 2.08. The molecule has 2 aliphatic rings. The number of Topliss-reactive ketones (excluding diaryl/α,β-unsaturated/α-hetero) is 1. The number of hydrogen-bond donors (Lipinski definition) is 0. The van der Waals surface area contributed by atoms with Gasteiger partial charge in [0.1, 0.15) is 5.82 Å². The van der Waals surface area contributed by atoms with Crippen molar-refractivity contribution in [2.75, 3.05) is 11.9 Å². The van der Waals surface area contributed by atoms with Crippen LogP contribution in [-0.4, -0.2) is 22.4 Å². The van der Waals surface area contributed by atoms with Crippen LogP contribution in [0.5, 0.6) is 0 Å². The second-order valence-corrected chi connectivity index (χ2v) is 12.1. The standard InChI is InChI=1S/C31H29Cl2N3O/c1-17-13-19(32)9-11-21(17)28-27-25(15-31(3,4)16-26(27)37)36-29-23(7-6-8-24(29)35(28)5)34-30(36)22-12-10-20(33)14-18(22)2/h6-14,28H,15-16H2,1-5H3. The number of carbonyl (C=O) groups is 1. The number of benzene rings is 3. The summed E-state index contributed by atoms with van der Waals surface area (Å²) in [5, 5.41) is 1.39. The van der Waals surface area contributed by atoms with Gasteiger partial charge in [0.25, 0.3) is 0 Å². The van der Waals surface area contributed by atoms with E-state index in [0.717, 1.165) is 62.5 Å². The lowest BCUT2D eigenvalue weighted by atomic mass is 9.73. The second-order valence-electron chi connectivity index (χ2n) is 11.2. The van der Waals surface area contributed by atoms with Crippen molar-refractivity contribution in [2.45, 2.75) is 46.6 Å². The molecule has 1 atom stereocenters. The first kappa shape index (κ1) is 24.3. The molecule has 0 bridgehead atoms. The maximum Gasteiger partial charge on any atom is 0.163 e. The molecule has 3 aromatic carbocycles. The molecule has 1 aliphatic heterocycles. The molecule has 1 aliphatic carbocycles. The minimum Gasteiger partial charge on any atom is -0.361 e. The Morgan fingerprint density at radius 2 is 1.65 bits per heavy atom. The van der Waals surface area contributed by atoms with Crippen molar-refractivity contribution in [3.05, 3.63) is 86.9 Å². The van der Waals surface area contributed by atoms with Crippen LogP contribution in [0, 0.1) is 19.3 Å². The van der Waals surface area contributed by atoms with Crippen LogP contribution >= 0.6 is 23.2 Å². The summed E-state index contributed by atoms with van der Waals surface area (Å²) in [6.45, 7) is 8.49. The molecule has 6 rings (SSSR count). The summed E-state index contributed by atoms with van der Waals surface area (Å²) in [5.41, 5.74) is 8.90. The number of rotatable bonds is 2. The van der Waals surface area contributed by atoms with Gasteiger partial charge < -0.3 is 4.90 Å². The lowest BCUT2D eigenvalue weighted by molar-refractivity contribution is -0.118. The number of hydrogen-bond acceptors (Lipinski definition) is 3. The third-order valence-electron chi connectivity index (χ3n) is 7.82. The van der Waals surface area contributed by atoms with Gasteiger partial charge in [-0.25, -0.2) is 4.98 Å². The number of aromatic nitrogens is 2. The van der Waals surface area contributed by atoms with Crippen LogP contribution in [0.15, 0.2) is 60.2 Å². The second kappa shape index (κ2) is 8.47. The Kier molecular flexibility index (Phi) is 5.56. The predicted molar refractivity (Wildman–Crippen MR) is 153 cm³/mol. The molecule has 0 spiro atoms. The Bertz CT molecular complexity index is 1650. The topological polar surface area (TPSA) is 38.1 Å². The van der Waals surface area contributed by atoms with E-state index in [1.165, 1.54) is 0 Å². The fourth-order valence-corrected chi connectivity index (χ4v) is 6.62. The Labute approximate surface area is 227 Å². The number of imidazole rings is 1. The van der Waals surface area contributed by atoms with Gasteiger partial charge in [-0.05, 0) is 84.8 Å². The lowest BCUT2D eigenvalue weighted by Crippen LogP contribution is -2.34. The molecule has 0 saturated carbocycles. The highest BCUT2D eigenvalue weighted by molar-refractivity contribution is 6.31. The molecule has 1 unspecified atom stereocenters. The maximum atomic E-state index is 14.1. The predicted octanol–water partition coefficient (Wildman–Crippen LogP) is 8.42. The normalized spacial score (nSPS) is 18.8.